The SMILES string of the molecule is CC(C)[C@@H](C(=O)N(C)[C@@H](C)C(=O)O)N(C)C(=O)OCC1c2ccccc2-c2ccccc21. The monoisotopic (exact) mass is 438 g/mol. The van der Waals surface area contributed by atoms with E-state index in [1.165, 1.54) is 25.9 Å². The fraction of sp³-hybridized carbons (Fsp3) is 0.400. The first-order valence-corrected chi connectivity index (χ1v) is 10.7. The summed E-state index contributed by atoms with van der Waals surface area (Å²) in [6.45, 7) is 5.21. The van der Waals surface area contributed by atoms with Crippen molar-refractivity contribution in [2.45, 2.75) is 38.8 Å². The van der Waals surface area contributed by atoms with Crippen molar-refractivity contribution in [1.29, 1.82) is 0 Å². The molecule has 0 bridgehead atoms. The Morgan fingerprint density at radius 2 is 1.41 bits per heavy atom. The van der Waals surface area contributed by atoms with Gasteiger partial charge in [-0.05, 0) is 35.1 Å². The van der Waals surface area contributed by atoms with Gasteiger partial charge in [0.2, 0.25) is 5.91 Å². The molecule has 7 nitrogen and oxygen atoms in total. The van der Waals surface area contributed by atoms with Crippen molar-refractivity contribution in [3.8, 4) is 11.1 Å². The number of carbonyl (C=O) groups is 3. The summed E-state index contributed by atoms with van der Waals surface area (Å²) in [5, 5.41) is 9.24. The molecule has 2 aromatic rings. The summed E-state index contributed by atoms with van der Waals surface area (Å²) >= 11 is 0. The van der Waals surface area contributed by atoms with E-state index < -0.39 is 30.1 Å². The van der Waals surface area contributed by atoms with Crippen LogP contribution in [0.15, 0.2) is 48.5 Å². The molecular weight excluding hydrogens is 408 g/mol. The maximum Gasteiger partial charge on any atom is 0.410 e. The number of carboxylic acids is 1. The van der Waals surface area contributed by atoms with Crippen molar-refractivity contribution in [1.82, 2.24) is 9.80 Å². The van der Waals surface area contributed by atoms with E-state index in [0.29, 0.717) is 0 Å². The number of amides is 2. The molecule has 0 heterocycles. The van der Waals surface area contributed by atoms with Gasteiger partial charge in [-0.1, -0.05) is 62.4 Å². The number of carbonyl (C=O) groups excluding carboxylic acids is 2. The molecule has 32 heavy (non-hydrogen) atoms. The van der Waals surface area contributed by atoms with Crippen molar-refractivity contribution >= 4 is 18.0 Å². The zero-order chi connectivity index (χ0) is 23.6. The van der Waals surface area contributed by atoms with E-state index in [1.54, 1.807) is 0 Å². The zero-order valence-corrected chi connectivity index (χ0v) is 19.1. The highest BCUT2D eigenvalue weighted by Crippen LogP contribution is 2.44. The van der Waals surface area contributed by atoms with Gasteiger partial charge in [0.15, 0.2) is 0 Å². The molecule has 3 rings (SSSR count). The standard InChI is InChI=1S/C25H30N2O5/c1-15(2)22(23(28)26(4)16(3)24(29)30)27(5)25(31)32-14-21-19-12-8-6-10-17(19)18-11-7-9-13-20(18)21/h6-13,15-16,21-22H,14H2,1-5H3,(H,29,30)/t16-,22-/m0/s1. The van der Waals surface area contributed by atoms with Crippen molar-refractivity contribution in [3.63, 3.8) is 0 Å². The lowest BCUT2D eigenvalue weighted by Gasteiger charge is -2.34. The van der Waals surface area contributed by atoms with Crippen LogP contribution >= 0.6 is 0 Å². The van der Waals surface area contributed by atoms with Crippen LogP contribution in [0.1, 0.15) is 37.8 Å². The average molecular weight is 439 g/mol. The van der Waals surface area contributed by atoms with Crippen LogP contribution in [0.5, 0.6) is 0 Å². The molecule has 170 valence electrons. The van der Waals surface area contributed by atoms with Crippen molar-refractivity contribution < 1.29 is 24.2 Å². The molecule has 0 fully saturated rings. The van der Waals surface area contributed by atoms with Gasteiger partial charge in [0.25, 0.3) is 0 Å². The summed E-state index contributed by atoms with van der Waals surface area (Å²) in [6.07, 6.45) is -0.615. The molecule has 1 aliphatic carbocycles. The number of likely N-dealkylation sites (N-methyl/N-ethyl adjacent to an activating group) is 2. The number of rotatable bonds is 7. The smallest absolute Gasteiger partial charge is 0.410 e. The largest absolute Gasteiger partial charge is 0.480 e. The maximum absolute atomic E-state index is 13.0. The lowest BCUT2D eigenvalue weighted by Crippen LogP contribution is -2.54. The average Bonchev–Trinajstić information content (AvgIpc) is 3.09. The molecule has 0 saturated heterocycles. The highest BCUT2D eigenvalue weighted by atomic mass is 16.6. The van der Waals surface area contributed by atoms with E-state index >= 15 is 0 Å². The van der Waals surface area contributed by atoms with Crippen LogP contribution in [0.3, 0.4) is 0 Å². The molecule has 0 saturated carbocycles. The number of aliphatic carboxylic acids is 1. The number of carboxylic acid groups (broad SMARTS) is 1. The Hall–Kier alpha value is -3.35. The first kappa shape index (κ1) is 23.3. The van der Waals surface area contributed by atoms with Gasteiger partial charge in [0.1, 0.15) is 18.7 Å². The second kappa shape index (κ2) is 9.42. The van der Waals surface area contributed by atoms with Gasteiger partial charge in [0.05, 0.1) is 0 Å². The van der Waals surface area contributed by atoms with Gasteiger partial charge >= 0.3 is 12.1 Å². The number of nitrogens with zero attached hydrogens (tertiary/aromatic N) is 2. The Bertz CT molecular complexity index is 973. The second-order valence-electron chi connectivity index (χ2n) is 8.57. The summed E-state index contributed by atoms with van der Waals surface area (Å²) in [4.78, 5) is 39.6. The number of hydrogen-bond acceptors (Lipinski definition) is 4. The molecule has 0 spiro atoms. The van der Waals surface area contributed by atoms with Crippen LogP contribution in [0, 0.1) is 5.92 Å². The molecule has 0 radical (unpaired) electrons. The summed E-state index contributed by atoms with van der Waals surface area (Å²) < 4.78 is 5.67. The molecule has 2 atom stereocenters. The molecule has 2 amide bonds. The fourth-order valence-electron chi connectivity index (χ4n) is 4.27. The molecular formula is C25H30N2O5. The molecule has 0 aromatic heterocycles. The van der Waals surface area contributed by atoms with Gasteiger partial charge in [-0.3, -0.25) is 9.69 Å². The number of ether oxygens (including phenoxy) is 1. The summed E-state index contributed by atoms with van der Waals surface area (Å²) in [6, 6.07) is 14.3. The highest BCUT2D eigenvalue weighted by Gasteiger charge is 2.36. The minimum Gasteiger partial charge on any atom is -0.480 e. The third-order valence-corrected chi connectivity index (χ3v) is 6.21. The Kier molecular flexibility index (Phi) is 6.87. The third-order valence-electron chi connectivity index (χ3n) is 6.21. The van der Waals surface area contributed by atoms with Gasteiger partial charge in [0, 0.05) is 20.0 Å². The van der Waals surface area contributed by atoms with Crippen LogP contribution in [-0.2, 0) is 14.3 Å². The lowest BCUT2D eigenvalue weighted by molar-refractivity contribution is -0.150. The van der Waals surface area contributed by atoms with E-state index in [9.17, 15) is 19.5 Å². The highest BCUT2D eigenvalue weighted by molar-refractivity contribution is 5.89. The number of hydrogen-bond donors (Lipinski definition) is 1. The van der Waals surface area contributed by atoms with Gasteiger partial charge in [-0.2, -0.15) is 0 Å². The zero-order valence-electron chi connectivity index (χ0n) is 19.1. The van der Waals surface area contributed by atoms with E-state index in [4.69, 9.17) is 4.74 Å². The van der Waals surface area contributed by atoms with Crippen LogP contribution < -0.4 is 0 Å². The van der Waals surface area contributed by atoms with Crippen LogP contribution in [0.25, 0.3) is 11.1 Å². The summed E-state index contributed by atoms with van der Waals surface area (Å²) in [5.74, 6) is -1.85. The lowest BCUT2D eigenvalue weighted by atomic mass is 9.98. The predicted molar refractivity (Wildman–Crippen MR) is 121 cm³/mol. The van der Waals surface area contributed by atoms with Crippen LogP contribution in [-0.4, -0.2) is 65.7 Å². The molecule has 7 heteroatoms. The Balaban J connectivity index is 1.75. The maximum atomic E-state index is 13.0. The van der Waals surface area contributed by atoms with Crippen molar-refractivity contribution in [3.05, 3.63) is 59.7 Å². The Labute approximate surface area is 188 Å². The van der Waals surface area contributed by atoms with Crippen molar-refractivity contribution in [2.75, 3.05) is 20.7 Å². The fourth-order valence-corrected chi connectivity index (χ4v) is 4.27. The van der Waals surface area contributed by atoms with Gasteiger partial charge in [-0.25, -0.2) is 9.59 Å². The first-order chi connectivity index (χ1) is 15.1. The number of benzene rings is 2. The van der Waals surface area contributed by atoms with Crippen LogP contribution in [0.2, 0.25) is 0 Å². The normalized spacial score (nSPS) is 14.3. The molecule has 0 aliphatic heterocycles. The molecule has 1 aliphatic rings. The van der Waals surface area contributed by atoms with Crippen LogP contribution in [0.4, 0.5) is 4.79 Å². The Morgan fingerprint density at radius 1 is 0.906 bits per heavy atom. The quantitative estimate of drug-likeness (QED) is 0.710. The third kappa shape index (κ3) is 4.33. The summed E-state index contributed by atoms with van der Waals surface area (Å²) in [7, 11) is 2.95. The molecule has 1 N–H and O–H groups in total. The van der Waals surface area contributed by atoms with Gasteiger partial charge in [-0.15, -0.1) is 0 Å². The topological polar surface area (TPSA) is 87.2 Å². The molecule has 2 aromatic carbocycles. The Morgan fingerprint density at radius 3 is 1.88 bits per heavy atom. The van der Waals surface area contributed by atoms with Crippen molar-refractivity contribution in [2.24, 2.45) is 5.92 Å². The first-order valence-electron chi connectivity index (χ1n) is 10.7. The van der Waals surface area contributed by atoms with Gasteiger partial charge < -0.3 is 14.7 Å². The van der Waals surface area contributed by atoms with E-state index in [-0.39, 0.29) is 18.4 Å². The van der Waals surface area contributed by atoms with E-state index in [0.717, 1.165) is 27.2 Å². The minimum atomic E-state index is -1.10. The predicted octanol–water partition coefficient (Wildman–Crippen LogP) is 3.82. The second-order valence-corrected chi connectivity index (χ2v) is 8.57. The van der Waals surface area contributed by atoms with E-state index in [2.05, 4.69) is 12.1 Å². The number of fused-ring (bicyclic) bond motifs is 3. The molecule has 0 unspecified atom stereocenters. The summed E-state index contributed by atoms with van der Waals surface area (Å²) in [5.41, 5.74) is 4.49. The minimum absolute atomic E-state index is 0.0809. The van der Waals surface area contributed by atoms with E-state index in [1.807, 2.05) is 50.2 Å².